The van der Waals surface area contributed by atoms with Crippen LogP contribution in [-0.4, -0.2) is 13.0 Å². The summed E-state index contributed by atoms with van der Waals surface area (Å²) in [6.07, 6.45) is 0. The summed E-state index contributed by atoms with van der Waals surface area (Å²) in [6.45, 7) is 0. The van der Waals surface area contributed by atoms with E-state index in [1.54, 1.807) is 19.2 Å². The third-order valence-corrected chi connectivity index (χ3v) is 3.92. The van der Waals surface area contributed by atoms with Gasteiger partial charge in [0.05, 0.1) is 18.4 Å². The first-order valence-corrected chi connectivity index (χ1v) is 7.38. The summed E-state index contributed by atoms with van der Waals surface area (Å²) < 4.78 is 7.13. The summed E-state index contributed by atoms with van der Waals surface area (Å²) in [5, 5.41) is 2.88. The molecule has 0 aromatic heterocycles. The van der Waals surface area contributed by atoms with Gasteiger partial charge in [0.2, 0.25) is 0 Å². The van der Waals surface area contributed by atoms with Crippen LogP contribution in [0.3, 0.4) is 0 Å². The second-order valence-electron chi connectivity index (χ2n) is 3.78. The second-order valence-corrected chi connectivity index (χ2v) is 5.86. The van der Waals surface area contributed by atoms with Crippen molar-refractivity contribution in [3.63, 3.8) is 0 Å². The van der Waals surface area contributed by atoms with E-state index in [-0.39, 0.29) is 5.91 Å². The smallest absolute Gasteiger partial charge is 0.259 e. The lowest BCUT2D eigenvalue weighted by Gasteiger charge is -2.10. The van der Waals surface area contributed by atoms with E-state index in [9.17, 15) is 4.79 Å². The zero-order chi connectivity index (χ0) is 13.8. The Labute approximate surface area is 133 Å². The number of hydrogen-bond acceptors (Lipinski definition) is 2. The monoisotopic (exact) mass is 431 g/mol. The largest absolute Gasteiger partial charge is 0.496 e. The van der Waals surface area contributed by atoms with Gasteiger partial charge < -0.3 is 10.1 Å². The van der Waals surface area contributed by atoms with Gasteiger partial charge in [0, 0.05) is 8.04 Å². The number of anilines is 1. The van der Waals surface area contributed by atoms with Crippen LogP contribution < -0.4 is 10.1 Å². The average Bonchev–Trinajstić information content (AvgIpc) is 2.41. The van der Waals surface area contributed by atoms with E-state index in [2.05, 4.69) is 43.8 Å². The van der Waals surface area contributed by atoms with Crippen LogP contribution in [-0.2, 0) is 0 Å². The first-order chi connectivity index (χ1) is 9.11. The molecule has 0 aliphatic carbocycles. The Kier molecular flexibility index (Phi) is 4.81. The lowest BCUT2D eigenvalue weighted by Crippen LogP contribution is -2.13. The Bertz CT molecular complexity index is 616. The zero-order valence-electron chi connectivity index (χ0n) is 10.1. The van der Waals surface area contributed by atoms with Crippen LogP contribution in [0, 0.1) is 3.57 Å². The van der Waals surface area contributed by atoms with Crippen molar-refractivity contribution in [1.82, 2.24) is 0 Å². The minimum Gasteiger partial charge on any atom is -0.496 e. The lowest BCUT2D eigenvalue weighted by molar-refractivity contribution is 0.102. The summed E-state index contributed by atoms with van der Waals surface area (Å²) >= 11 is 5.57. The molecule has 2 rings (SSSR count). The lowest BCUT2D eigenvalue weighted by atomic mass is 10.2. The first-order valence-electron chi connectivity index (χ1n) is 5.51. The molecular weight excluding hydrogens is 421 g/mol. The number of ether oxygens (including phenoxy) is 1. The second kappa shape index (κ2) is 6.38. The molecule has 0 heterocycles. The first kappa shape index (κ1) is 14.3. The number of benzene rings is 2. The molecule has 0 aliphatic rings. The topological polar surface area (TPSA) is 38.3 Å². The maximum Gasteiger partial charge on any atom is 0.259 e. The van der Waals surface area contributed by atoms with Gasteiger partial charge in [-0.25, -0.2) is 0 Å². The Hall–Kier alpha value is -1.08. The van der Waals surface area contributed by atoms with Gasteiger partial charge >= 0.3 is 0 Å². The highest BCUT2D eigenvalue weighted by molar-refractivity contribution is 14.1. The number of carbonyl (C=O) groups excluding carboxylic acids is 1. The molecule has 98 valence electrons. The number of rotatable bonds is 3. The highest BCUT2D eigenvalue weighted by Crippen LogP contribution is 2.24. The van der Waals surface area contributed by atoms with Crippen molar-refractivity contribution in [1.29, 1.82) is 0 Å². The predicted octanol–water partition coefficient (Wildman–Crippen LogP) is 4.31. The van der Waals surface area contributed by atoms with Crippen LogP contribution in [0.5, 0.6) is 5.75 Å². The Morgan fingerprint density at radius 1 is 1.26 bits per heavy atom. The van der Waals surface area contributed by atoms with Crippen molar-refractivity contribution in [2.45, 2.75) is 0 Å². The Balaban J connectivity index is 2.26. The van der Waals surface area contributed by atoms with Gasteiger partial charge in [-0.1, -0.05) is 28.1 Å². The molecule has 0 bridgehead atoms. The number of amides is 1. The molecule has 0 saturated carbocycles. The summed E-state index contributed by atoms with van der Waals surface area (Å²) in [5.74, 6) is 0.379. The standard InChI is InChI=1S/C14H11BrINO2/c1-19-13-5-3-2-4-10(13)14(18)17-12-7-6-9(15)8-11(12)16/h2-8H,1H3,(H,17,18). The number of carbonyl (C=O) groups is 1. The number of halogens is 2. The van der Waals surface area contributed by atoms with E-state index in [4.69, 9.17) is 4.74 Å². The fourth-order valence-electron chi connectivity index (χ4n) is 1.61. The van der Waals surface area contributed by atoms with Crippen LogP contribution in [0.2, 0.25) is 0 Å². The molecule has 0 aliphatic heterocycles. The van der Waals surface area contributed by atoms with Crippen molar-refractivity contribution in [2.75, 3.05) is 12.4 Å². The highest BCUT2D eigenvalue weighted by Gasteiger charge is 2.12. The number of nitrogens with one attached hydrogen (secondary N) is 1. The molecule has 19 heavy (non-hydrogen) atoms. The molecule has 3 nitrogen and oxygen atoms in total. The fourth-order valence-corrected chi connectivity index (χ4v) is 3.05. The van der Waals surface area contributed by atoms with Crippen LogP contribution in [0.25, 0.3) is 0 Å². The van der Waals surface area contributed by atoms with E-state index in [1.165, 1.54) is 0 Å². The van der Waals surface area contributed by atoms with E-state index in [0.29, 0.717) is 11.3 Å². The number of methoxy groups -OCH3 is 1. The molecule has 0 radical (unpaired) electrons. The summed E-state index contributed by atoms with van der Waals surface area (Å²) in [4.78, 5) is 12.2. The van der Waals surface area contributed by atoms with E-state index < -0.39 is 0 Å². The molecule has 1 N–H and O–H groups in total. The maximum atomic E-state index is 12.2. The van der Waals surface area contributed by atoms with Crippen molar-refractivity contribution in [3.8, 4) is 5.75 Å². The van der Waals surface area contributed by atoms with Gasteiger partial charge in [0.1, 0.15) is 5.75 Å². The molecular formula is C14H11BrINO2. The van der Waals surface area contributed by atoms with E-state index >= 15 is 0 Å². The summed E-state index contributed by atoms with van der Waals surface area (Å²) in [5.41, 5.74) is 1.29. The predicted molar refractivity (Wildman–Crippen MR) is 87.8 cm³/mol. The molecule has 1 amide bonds. The molecule has 2 aromatic rings. The SMILES string of the molecule is COc1ccccc1C(=O)Nc1ccc(Br)cc1I. The summed E-state index contributed by atoms with van der Waals surface area (Å²) in [6, 6.07) is 12.8. The van der Waals surface area contributed by atoms with Crippen molar-refractivity contribution < 1.29 is 9.53 Å². The number of para-hydroxylation sites is 1. The molecule has 0 saturated heterocycles. The van der Waals surface area contributed by atoms with E-state index in [1.807, 2.05) is 30.3 Å². The minimum atomic E-state index is -0.183. The van der Waals surface area contributed by atoms with Gasteiger partial charge in [-0.15, -0.1) is 0 Å². The Morgan fingerprint density at radius 3 is 2.68 bits per heavy atom. The van der Waals surface area contributed by atoms with Gasteiger partial charge in [0.25, 0.3) is 5.91 Å². The quantitative estimate of drug-likeness (QED) is 0.735. The third kappa shape index (κ3) is 3.48. The highest BCUT2D eigenvalue weighted by atomic mass is 127. The normalized spacial score (nSPS) is 10.1. The molecule has 5 heteroatoms. The molecule has 0 unspecified atom stereocenters. The zero-order valence-corrected chi connectivity index (χ0v) is 13.9. The fraction of sp³-hybridized carbons (Fsp3) is 0.0714. The van der Waals surface area contributed by atoms with Crippen molar-refractivity contribution >= 4 is 50.1 Å². The Morgan fingerprint density at radius 2 is 2.00 bits per heavy atom. The van der Waals surface area contributed by atoms with Gasteiger partial charge in [-0.3, -0.25) is 4.79 Å². The van der Waals surface area contributed by atoms with Crippen LogP contribution in [0.15, 0.2) is 46.9 Å². The van der Waals surface area contributed by atoms with E-state index in [0.717, 1.165) is 13.7 Å². The van der Waals surface area contributed by atoms with Gasteiger partial charge in [-0.05, 0) is 52.9 Å². The van der Waals surface area contributed by atoms with Crippen LogP contribution >= 0.6 is 38.5 Å². The molecule has 0 atom stereocenters. The van der Waals surface area contributed by atoms with Gasteiger partial charge in [0.15, 0.2) is 0 Å². The molecule has 0 spiro atoms. The van der Waals surface area contributed by atoms with Gasteiger partial charge in [-0.2, -0.15) is 0 Å². The number of hydrogen-bond donors (Lipinski definition) is 1. The van der Waals surface area contributed by atoms with Crippen molar-refractivity contribution in [2.24, 2.45) is 0 Å². The molecule has 2 aromatic carbocycles. The third-order valence-electron chi connectivity index (χ3n) is 2.53. The minimum absolute atomic E-state index is 0.183. The average molecular weight is 432 g/mol. The summed E-state index contributed by atoms with van der Waals surface area (Å²) in [7, 11) is 1.55. The van der Waals surface area contributed by atoms with Crippen LogP contribution in [0.1, 0.15) is 10.4 Å². The van der Waals surface area contributed by atoms with Crippen LogP contribution in [0.4, 0.5) is 5.69 Å². The maximum absolute atomic E-state index is 12.2. The molecule has 0 fully saturated rings. The van der Waals surface area contributed by atoms with Crippen molar-refractivity contribution in [3.05, 3.63) is 56.1 Å².